The molecule has 5 atom stereocenters. The first-order chi connectivity index (χ1) is 11.3. The average Bonchev–Trinajstić information content (AvgIpc) is 2.79. The Labute approximate surface area is 144 Å². The molecule has 1 unspecified atom stereocenters. The number of aliphatic hydroxyl groups excluding tert-OH is 1. The highest BCUT2D eigenvalue weighted by atomic mass is 16.7. The number of carbonyl (C=O) groups is 2. The summed E-state index contributed by atoms with van der Waals surface area (Å²) in [6.07, 6.45) is 3.40. The van der Waals surface area contributed by atoms with Crippen LogP contribution >= 0.6 is 0 Å². The Hall–Kier alpha value is -1.34. The average molecular weight is 344 g/mol. The van der Waals surface area contributed by atoms with Crippen LogP contribution in [-0.4, -0.2) is 49.1 Å². The van der Waals surface area contributed by atoms with Crippen LogP contribution < -0.4 is 11.1 Å². The van der Waals surface area contributed by atoms with Crippen molar-refractivity contribution in [2.75, 3.05) is 13.7 Å². The second kappa shape index (κ2) is 10.5. The number of aliphatic hydroxyl groups is 1. The number of hydrogen-bond acceptors (Lipinski definition) is 6. The number of nitrogens with two attached hydrogens (primary N) is 1. The Morgan fingerprint density at radius 3 is 2.67 bits per heavy atom. The van der Waals surface area contributed by atoms with Crippen molar-refractivity contribution in [2.24, 2.45) is 17.6 Å². The first kappa shape index (κ1) is 20.7. The SMILES string of the molecule is COC(=O)O[C@@H]1C[C@@H](N)[C@@H](CCCCCC(C)CNC(C)=O)[C@H]1O. The molecule has 0 aromatic carbocycles. The van der Waals surface area contributed by atoms with E-state index >= 15 is 0 Å². The highest BCUT2D eigenvalue weighted by Crippen LogP contribution is 2.32. The minimum atomic E-state index is -0.778. The van der Waals surface area contributed by atoms with Crippen LogP contribution in [0, 0.1) is 11.8 Å². The molecule has 0 aromatic heterocycles. The number of unbranched alkanes of at least 4 members (excludes halogenated alkanes) is 2. The molecule has 1 aliphatic rings. The lowest BCUT2D eigenvalue weighted by Gasteiger charge is -2.20. The molecule has 0 saturated heterocycles. The van der Waals surface area contributed by atoms with Gasteiger partial charge in [0, 0.05) is 31.8 Å². The van der Waals surface area contributed by atoms with Gasteiger partial charge in [0.15, 0.2) is 0 Å². The summed E-state index contributed by atoms with van der Waals surface area (Å²) in [7, 11) is 1.24. The summed E-state index contributed by atoms with van der Waals surface area (Å²) in [6, 6.07) is -0.159. The van der Waals surface area contributed by atoms with Crippen molar-refractivity contribution in [3.05, 3.63) is 0 Å². The number of ether oxygens (including phenoxy) is 2. The lowest BCUT2D eigenvalue weighted by Crippen LogP contribution is -2.32. The predicted octanol–water partition coefficient (Wildman–Crippen LogP) is 1.57. The van der Waals surface area contributed by atoms with Gasteiger partial charge in [-0.2, -0.15) is 0 Å². The molecule has 0 spiro atoms. The molecule has 24 heavy (non-hydrogen) atoms. The maximum absolute atomic E-state index is 11.2. The normalized spacial score (nSPS) is 27.5. The fraction of sp³-hybridized carbons (Fsp3) is 0.882. The van der Waals surface area contributed by atoms with Gasteiger partial charge in [-0.1, -0.05) is 26.2 Å². The van der Waals surface area contributed by atoms with Gasteiger partial charge in [-0.15, -0.1) is 0 Å². The highest BCUT2D eigenvalue weighted by Gasteiger charge is 2.42. The molecule has 4 N–H and O–H groups in total. The molecule has 0 aromatic rings. The van der Waals surface area contributed by atoms with Crippen LogP contribution in [0.4, 0.5) is 4.79 Å². The van der Waals surface area contributed by atoms with Crippen molar-refractivity contribution >= 4 is 12.1 Å². The molecule has 1 saturated carbocycles. The summed E-state index contributed by atoms with van der Waals surface area (Å²) < 4.78 is 9.51. The smallest absolute Gasteiger partial charge is 0.438 e. The van der Waals surface area contributed by atoms with Crippen LogP contribution in [-0.2, 0) is 14.3 Å². The summed E-state index contributed by atoms with van der Waals surface area (Å²) in [5.74, 6) is 0.428. The van der Waals surface area contributed by atoms with Gasteiger partial charge in [0.05, 0.1) is 13.2 Å². The fourth-order valence-electron chi connectivity index (χ4n) is 3.26. The Bertz CT molecular complexity index is 404. The van der Waals surface area contributed by atoms with E-state index in [1.807, 2.05) is 0 Å². The number of amides is 1. The number of hydrogen-bond donors (Lipinski definition) is 3. The van der Waals surface area contributed by atoms with Gasteiger partial charge < -0.3 is 25.6 Å². The third-order valence-electron chi connectivity index (χ3n) is 4.72. The number of methoxy groups -OCH3 is 1. The summed E-state index contributed by atoms with van der Waals surface area (Å²) in [4.78, 5) is 22.0. The Morgan fingerprint density at radius 1 is 1.33 bits per heavy atom. The highest BCUT2D eigenvalue weighted by molar-refractivity contribution is 5.72. The van der Waals surface area contributed by atoms with Gasteiger partial charge in [-0.3, -0.25) is 4.79 Å². The molecular weight excluding hydrogens is 312 g/mol. The lowest BCUT2D eigenvalue weighted by molar-refractivity contribution is -0.119. The zero-order valence-electron chi connectivity index (χ0n) is 15.0. The van der Waals surface area contributed by atoms with E-state index < -0.39 is 18.4 Å². The molecule has 7 heteroatoms. The van der Waals surface area contributed by atoms with Crippen LogP contribution in [0.2, 0.25) is 0 Å². The topological polar surface area (TPSA) is 111 Å². The Balaban J connectivity index is 2.20. The van der Waals surface area contributed by atoms with E-state index in [1.165, 1.54) is 14.0 Å². The Kier molecular flexibility index (Phi) is 9.07. The van der Waals surface area contributed by atoms with E-state index in [0.29, 0.717) is 18.9 Å². The molecule has 1 fully saturated rings. The molecule has 0 bridgehead atoms. The summed E-state index contributed by atoms with van der Waals surface area (Å²) in [5.41, 5.74) is 6.08. The first-order valence-electron chi connectivity index (χ1n) is 8.77. The standard InChI is InChI=1S/C17H32N2O5/c1-11(10-19-12(2)20)7-5-4-6-8-13-14(18)9-15(16(13)21)24-17(22)23-3/h11,13-16,21H,4-10,18H2,1-3H3,(H,19,20)/t11?,13-,14-,15-,16-/m1/s1. The summed E-state index contributed by atoms with van der Waals surface area (Å²) in [5, 5.41) is 13.1. The van der Waals surface area contributed by atoms with Crippen molar-refractivity contribution in [2.45, 2.75) is 70.6 Å². The molecule has 0 aliphatic heterocycles. The lowest BCUT2D eigenvalue weighted by atomic mass is 9.93. The van der Waals surface area contributed by atoms with Crippen LogP contribution in [0.25, 0.3) is 0 Å². The van der Waals surface area contributed by atoms with Crippen molar-refractivity contribution < 1.29 is 24.2 Å². The minimum Gasteiger partial charge on any atom is -0.438 e. The minimum absolute atomic E-state index is 0.00906. The van der Waals surface area contributed by atoms with Gasteiger partial charge in [-0.05, 0) is 18.8 Å². The van der Waals surface area contributed by atoms with E-state index in [-0.39, 0.29) is 17.9 Å². The predicted molar refractivity (Wildman–Crippen MR) is 90.3 cm³/mol. The van der Waals surface area contributed by atoms with Crippen LogP contribution in [0.5, 0.6) is 0 Å². The van der Waals surface area contributed by atoms with Gasteiger partial charge >= 0.3 is 6.16 Å². The molecule has 1 amide bonds. The number of carbonyl (C=O) groups excluding carboxylic acids is 2. The third kappa shape index (κ3) is 7.05. The zero-order chi connectivity index (χ0) is 18.1. The fourth-order valence-corrected chi connectivity index (χ4v) is 3.26. The molecule has 140 valence electrons. The van der Waals surface area contributed by atoms with E-state index in [0.717, 1.165) is 32.1 Å². The van der Waals surface area contributed by atoms with Crippen molar-refractivity contribution in [3.63, 3.8) is 0 Å². The molecule has 0 radical (unpaired) electrons. The molecule has 1 aliphatic carbocycles. The van der Waals surface area contributed by atoms with E-state index in [9.17, 15) is 14.7 Å². The Morgan fingerprint density at radius 2 is 2.04 bits per heavy atom. The summed E-state index contributed by atoms with van der Waals surface area (Å²) in [6.45, 7) is 4.37. The second-order valence-corrected chi connectivity index (χ2v) is 6.84. The van der Waals surface area contributed by atoms with Gasteiger partial charge in [-0.25, -0.2) is 4.79 Å². The number of nitrogens with one attached hydrogen (secondary N) is 1. The zero-order valence-corrected chi connectivity index (χ0v) is 15.0. The van der Waals surface area contributed by atoms with Crippen LogP contribution in [0.3, 0.4) is 0 Å². The summed E-state index contributed by atoms with van der Waals surface area (Å²) >= 11 is 0. The maximum atomic E-state index is 11.2. The largest absolute Gasteiger partial charge is 0.508 e. The van der Waals surface area contributed by atoms with Crippen LogP contribution in [0.1, 0.15) is 52.4 Å². The monoisotopic (exact) mass is 344 g/mol. The van der Waals surface area contributed by atoms with Gasteiger partial charge in [0.25, 0.3) is 0 Å². The molecule has 7 nitrogen and oxygen atoms in total. The third-order valence-corrected chi connectivity index (χ3v) is 4.72. The van der Waals surface area contributed by atoms with E-state index in [1.54, 1.807) is 0 Å². The van der Waals surface area contributed by atoms with E-state index in [2.05, 4.69) is 17.0 Å². The van der Waals surface area contributed by atoms with Crippen molar-refractivity contribution in [1.29, 1.82) is 0 Å². The molecular formula is C17H32N2O5. The van der Waals surface area contributed by atoms with Gasteiger partial charge in [0.1, 0.15) is 6.10 Å². The number of rotatable bonds is 9. The quantitative estimate of drug-likeness (QED) is 0.432. The molecule has 1 rings (SSSR count). The van der Waals surface area contributed by atoms with E-state index in [4.69, 9.17) is 10.5 Å². The van der Waals surface area contributed by atoms with Crippen LogP contribution in [0.15, 0.2) is 0 Å². The van der Waals surface area contributed by atoms with Gasteiger partial charge in [0.2, 0.25) is 5.91 Å². The maximum Gasteiger partial charge on any atom is 0.508 e. The molecule has 0 heterocycles. The second-order valence-electron chi connectivity index (χ2n) is 6.84. The van der Waals surface area contributed by atoms with Crippen molar-refractivity contribution in [1.82, 2.24) is 5.32 Å². The first-order valence-corrected chi connectivity index (χ1v) is 8.77. The van der Waals surface area contributed by atoms with Crippen molar-refractivity contribution in [3.8, 4) is 0 Å².